The lowest BCUT2D eigenvalue weighted by atomic mass is 10.2. The number of ether oxygens (including phenoxy) is 2. The molecule has 0 unspecified atom stereocenters. The molecule has 1 fully saturated rings. The SMILES string of the molecule is Cc1sc2ncnc(Nc3ccc(F)cc3O[C@@H]3CCOC3)c2c1C. The van der Waals surface area contributed by atoms with Crippen LogP contribution in [0.1, 0.15) is 16.9 Å². The fourth-order valence-electron chi connectivity index (χ4n) is 2.89. The molecule has 2 aromatic heterocycles. The molecule has 7 heteroatoms. The molecule has 0 radical (unpaired) electrons. The van der Waals surface area contributed by atoms with Gasteiger partial charge in [-0.3, -0.25) is 0 Å². The summed E-state index contributed by atoms with van der Waals surface area (Å²) in [5, 5.41) is 4.28. The molecule has 0 aliphatic carbocycles. The first-order chi connectivity index (χ1) is 12.1. The lowest BCUT2D eigenvalue weighted by Gasteiger charge is -2.17. The van der Waals surface area contributed by atoms with Crippen molar-refractivity contribution < 1.29 is 13.9 Å². The summed E-state index contributed by atoms with van der Waals surface area (Å²) in [5.41, 5.74) is 1.83. The fraction of sp³-hybridized carbons (Fsp3) is 0.333. The van der Waals surface area contributed by atoms with Crippen molar-refractivity contribution in [3.8, 4) is 5.75 Å². The maximum absolute atomic E-state index is 13.7. The molecule has 1 aromatic carbocycles. The maximum atomic E-state index is 13.7. The van der Waals surface area contributed by atoms with Gasteiger partial charge in [0, 0.05) is 17.4 Å². The van der Waals surface area contributed by atoms with Crippen LogP contribution in [0.25, 0.3) is 10.2 Å². The number of rotatable bonds is 4. The van der Waals surface area contributed by atoms with Gasteiger partial charge in [0.15, 0.2) is 0 Å². The highest BCUT2D eigenvalue weighted by Crippen LogP contribution is 2.36. The van der Waals surface area contributed by atoms with Gasteiger partial charge in [0.1, 0.15) is 34.6 Å². The van der Waals surface area contributed by atoms with E-state index in [1.54, 1.807) is 17.4 Å². The van der Waals surface area contributed by atoms with Crippen molar-refractivity contribution in [1.82, 2.24) is 9.97 Å². The molecule has 1 N–H and O–H groups in total. The van der Waals surface area contributed by atoms with Crippen LogP contribution in [0, 0.1) is 19.7 Å². The van der Waals surface area contributed by atoms with Gasteiger partial charge >= 0.3 is 0 Å². The Hall–Kier alpha value is -2.25. The number of fused-ring (bicyclic) bond motifs is 1. The van der Waals surface area contributed by atoms with E-state index >= 15 is 0 Å². The molecule has 130 valence electrons. The topological polar surface area (TPSA) is 56.3 Å². The second kappa shape index (κ2) is 6.57. The first-order valence-corrected chi connectivity index (χ1v) is 8.95. The Labute approximate surface area is 148 Å². The number of nitrogens with zero attached hydrogens (tertiary/aromatic N) is 2. The van der Waals surface area contributed by atoms with Crippen molar-refractivity contribution in [3.63, 3.8) is 0 Å². The van der Waals surface area contributed by atoms with Gasteiger partial charge in [-0.25, -0.2) is 14.4 Å². The molecule has 3 aromatic rings. The molecule has 4 rings (SSSR count). The highest BCUT2D eigenvalue weighted by Gasteiger charge is 2.20. The zero-order valence-corrected chi connectivity index (χ0v) is 14.8. The number of halogens is 1. The summed E-state index contributed by atoms with van der Waals surface area (Å²) in [5.74, 6) is 0.827. The largest absolute Gasteiger partial charge is 0.486 e. The highest BCUT2D eigenvalue weighted by molar-refractivity contribution is 7.18. The maximum Gasteiger partial charge on any atom is 0.146 e. The van der Waals surface area contributed by atoms with E-state index in [-0.39, 0.29) is 11.9 Å². The number of aromatic nitrogens is 2. The van der Waals surface area contributed by atoms with Crippen LogP contribution < -0.4 is 10.1 Å². The van der Waals surface area contributed by atoms with E-state index in [1.807, 2.05) is 0 Å². The lowest BCUT2D eigenvalue weighted by molar-refractivity contribution is 0.141. The Balaban J connectivity index is 1.71. The van der Waals surface area contributed by atoms with Crippen LogP contribution in [0.2, 0.25) is 0 Å². The van der Waals surface area contributed by atoms with E-state index in [9.17, 15) is 4.39 Å². The number of hydrogen-bond donors (Lipinski definition) is 1. The molecule has 3 heterocycles. The zero-order chi connectivity index (χ0) is 17.4. The third-order valence-electron chi connectivity index (χ3n) is 4.34. The summed E-state index contributed by atoms with van der Waals surface area (Å²) < 4.78 is 25.0. The molecule has 1 atom stereocenters. The van der Waals surface area contributed by atoms with Crippen LogP contribution in [0.5, 0.6) is 5.75 Å². The van der Waals surface area contributed by atoms with Crippen molar-refractivity contribution in [2.75, 3.05) is 18.5 Å². The van der Waals surface area contributed by atoms with Crippen molar-refractivity contribution >= 4 is 33.1 Å². The molecule has 0 bridgehead atoms. The molecule has 1 saturated heterocycles. The van der Waals surface area contributed by atoms with Gasteiger partial charge in [-0.15, -0.1) is 11.3 Å². The number of anilines is 2. The van der Waals surface area contributed by atoms with Gasteiger partial charge < -0.3 is 14.8 Å². The standard InChI is InChI=1S/C18H18FN3O2S/c1-10-11(2)25-18-16(10)17(20-9-21-18)22-14-4-3-12(19)7-15(14)24-13-5-6-23-8-13/h3-4,7,9,13H,5-6,8H2,1-2H3,(H,20,21,22)/t13-/m1/s1. The zero-order valence-electron chi connectivity index (χ0n) is 14.0. The number of hydrogen-bond acceptors (Lipinski definition) is 6. The Morgan fingerprint density at radius 3 is 3.00 bits per heavy atom. The fourth-order valence-corrected chi connectivity index (χ4v) is 3.88. The molecule has 0 saturated carbocycles. The van der Waals surface area contributed by atoms with E-state index in [0.29, 0.717) is 30.5 Å². The molecule has 5 nitrogen and oxygen atoms in total. The molecular weight excluding hydrogens is 341 g/mol. The number of thiophene rings is 1. The second-order valence-corrected chi connectivity index (χ2v) is 7.26. The van der Waals surface area contributed by atoms with E-state index in [2.05, 4.69) is 29.1 Å². The lowest BCUT2D eigenvalue weighted by Crippen LogP contribution is -2.16. The summed E-state index contributed by atoms with van der Waals surface area (Å²) in [7, 11) is 0. The third-order valence-corrected chi connectivity index (χ3v) is 5.46. The Morgan fingerprint density at radius 1 is 1.32 bits per heavy atom. The third kappa shape index (κ3) is 3.17. The van der Waals surface area contributed by atoms with Crippen molar-refractivity contribution in [1.29, 1.82) is 0 Å². The van der Waals surface area contributed by atoms with Crippen LogP contribution in [-0.2, 0) is 4.74 Å². The quantitative estimate of drug-likeness (QED) is 0.750. The summed E-state index contributed by atoms with van der Waals surface area (Å²) >= 11 is 1.64. The minimum Gasteiger partial charge on any atom is -0.486 e. The van der Waals surface area contributed by atoms with Crippen LogP contribution in [0.3, 0.4) is 0 Å². The molecule has 1 aliphatic rings. The summed E-state index contributed by atoms with van der Waals surface area (Å²) in [6.07, 6.45) is 2.28. The van der Waals surface area contributed by atoms with Crippen LogP contribution in [-0.4, -0.2) is 29.3 Å². The number of aryl methyl sites for hydroxylation is 2. The normalized spacial score (nSPS) is 17.2. The smallest absolute Gasteiger partial charge is 0.146 e. The second-order valence-electron chi connectivity index (χ2n) is 6.05. The van der Waals surface area contributed by atoms with Gasteiger partial charge in [-0.05, 0) is 31.5 Å². The number of nitrogens with one attached hydrogen (secondary N) is 1. The van der Waals surface area contributed by atoms with E-state index in [1.165, 1.54) is 23.3 Å². The van der Waals surface area contributed by atoms with Gasteiger partial charge in [0.05, 0.1) is 24.3 Å². The predicted molar refractivity (Wildman–Crippen MR) is 96.4 cm³/mol. The van der Waals surface area contributed by atoms with Crippen molar-refractivity contribution in [2.45, 2.75) is 26.4 Å². The first-order valence-electron chi connectivity index (χ1n) is 8.13. The van der Waals surface area contributed by atoms with Gasteiger partial charge in [-0.1, -0.05) is 0 Å². The summed E-state index contributed by atoms with van der Waals surface area (Å²) in [4.78, 5) is 10.9. The first kappa shape index (κ1) is 16.2. The van der Waals surface area contributed by atoms with Crippen LogP contribution >= 0.6 is 11.3 Å². The molecular formula is C18H18FN3O2S. The van der Waals surface area contributed by atoms with Crippen LogP contribution in [0.4, 0.5) is 15.9 Å². The summed E-state index contributed by atoms with van der Waals surface area (Å²) in [6, 6.07) is 4.47. The molecule has 0 amide bonds. The Morgan fingerprint density at radius 2 is 2.20 bits per heavy atom. The average molecular weight is 359 g/mol. The van der Waals surface area contributed by atoms with Crippen LogP contribution in [0.15, 0.2) is 24.5 Å². The predicted octanol–water partition coefficient (Wildman–Crippen LogP) is 4.36. The molecule has 1 aliphatic heterocycles. The van der Waals surface area contributed by atoms with Gasteiger partial charge in [-0.2, -0.15) is 0 Å². The van der Waals surface area contributed by atoms with E-state index in [0.717, 1.165) is 22.2 Å². The van der Waals surface area contributed by atoms with E-state index in [4.69, 9.17) is 9.47 Å². The molecule has 0 spiro atoms. The Bertz CT molecular complexity index is 922. The van der Waals surface area contributed by atoms with Gasteiger partial charge in [0.2, 0.25) is 0 Å². The monoisotopic (exact) mass is 359 g/mol. The minimum absolute atomic E-state index is 0.0575. The number of benzene rings is 1. The highest BCUT2D eigenvalue weighted by atomic mass is 32.1. The van der Waals surface area contributed by atoms with Gasteiger partial charge in [0.25, 0.3) is 0 Å². The van der Waals surface area contributed by atoms with Crippen molar-refractivity contribution in [3.05, 3.63) is 40.8 Å². The summed E-state index contributed by atoms with van der Waals surface area (Å²) in [6.45, 7) is 5.32. The van der Waals surface area contributed by atoms with E-state index < -0.39 is 0 Å². The molecule has 25 heavy (non-hydrogen) atoms. The van der Waals surface area contributed by atoms with Crippen molar-refractivity contribution in [2.24, 2.45) is 0 Å². The minimum atomic E-state index is -0.338. The average Bonchev–Trinajstić information content (AvgIpc) is 3.19. The Kier molecular flexibility index (Phi) is 4.27.